The lowest BCUT2D eigenvalue weighted by molar-refractivity contribution is 0.670. The summed E-state index contributed by atoms with van der Waals surface area (Å²) < 4.78 is 9.64. The van der Waals surface area contributed by atoms with E-state index in [4.69, 9.17) is 19.4 Å². The summed E-state index contributed by atoms with van der Waals surface area (Å²) in [7, 11) is 0. The molecule has 0 saturated heterocycles. The number of aromatic nitrogens is 4. The fourth-order valence-electron chi connectivity index (χ4n) is 10.3. The molecule has 5 nitrogen and oxygen atoms in total. The van der Waals surface area contributed by atoms with E-state index in [1.807, 2.05) is 12.1 Å². The predicted molar refractivity (Wildman–Crippen MR) is 273 cm³/mol. The highest BCUT2D eigenvalue weighted by molar-refractivity contribution is 6.26. The summed E-state index contributed by atoms with van der Waals surface area (Å²) in [4.78, 5) is 16.2. The highest BCUT2D eigenvalue weighted by Gasteiger charge is 2.27. The van der Waals surface area contributed by atoms with E-state index in [1.54, 1.807) is 0 Å². The number of furan rings is 1. The maximum absolute atomic E-state index is 7.16. The molecule has 0 fully saturated rings. The lowest BCUT2D eigenvalue weighted by atomic mass is 9.96. The average Bonchev–Trinajstić information content (AvgIpc) is 3.91. The first-order chi connectivity index (χ1) is 32.7. The second-order valence-corrected chi connectivity index (χ2v) is 17.1. The Balaban J connectivity index is 1.11. The van der Waals surface area contributed by atoms with Crippen molar-refractivity contribution in [3.8, 4) is 51.0 Å². The minimum Gasteiger partial charge on any atom is -0.455 e. The molecule has 5 heteroatoms. The zero-order chi connectivity index (χ0) is 43.3. The van der Waals surface area contributed by atoms with Gasteiger partial charge in [-0.25, -0.2) is 15.0 Å². The SMILES string of the molecule is c1ccc(-c2ccc(-c3nc(-c4cccc5ccccc45)nc(-c4c5ccccc5c(-n5c6cc7ccccc7cc6c6cc7ccccc7cc65)c5c4oc4ccccc45)n3)cc2)cc1. The first-order valence-corrected chi connectivity index (χ1v) is 22.3. The van der Waals surface area contributed by atoms with E-state index in [1.165, 1.54) is 32.3 Å². The van der Waals surface area contributed by atoms with Crippen LogP contribution in [0.1, 0.15) is 0 Å². The van der Waals surface area contributed by atoms with Crippen LogP contribution in [-0.4, -0.2) is 19.5 Å². The number of rotatable bonds is 5. The molecule has 14 rings (SSSR count). The smallest absolute Gasteiger partial charge is 0.168 e. The Morgan fingerprint density at radius 2 is 0.833 bits per heavy atom. The van der Waals surface area contributed by atoms with Crippen molar-refractivity contribution in [2.24, 2.45) is 0 Å². The molecule has 0 N–H and O–H groups in total. The summed E-state index contributed by atoms with van der Waals surface area (Å²) in [6.45, 7) is 0. The van der Waals surface area contributed by atoms with Gasteiger partial charge in [0, 0.05) is 32.7 Å². The van der Waals surface area contributed by atoms with Gasteiger partial charge in [-0.15, -0.1) is 0 Å². The third-order valence-corrected chi connectivity index (χ3v) is 13.4. The van der Waals surface area contributed by atoms with Crippen molar-refractivity contribution in [1.82, 2.24) is 19.5 Å². The normalized spacial score (nSPS) is 11.9. The molecular weight excluding hydrogens is 805 g/mol. The zero-order valence-electron chi connectivity index (χ0n) is 35.5. The van der Waals surface area contributed by atoms with Crippen molar-refractivity contribution >= 4 is 86.8 Å². The Bertz CT molecular complexity index is 4180. The van der Waals surface area contributed by atoms with Crippen LogP contribution in [0.3, 0.4) is 0 Å². The van der Waals surface area contributed by atoms with Crippen LogP contribution >= 0.6 is 0 Å². The van der Waals surface area contributed by atoms with E-state index in [-0.39, 0.29) is 0 Å². The lowest BCUT2D eigenvalue weighted by Crippen LogP contribution is -2.03. The van der Waals surface area contributed by atoms with Gasteiger partial charge in [0.1, 0.15) is 11.2 Å². The largest absolute Gasteiger partial charge is 0.455 e. The first-order valence-electron chi connectivity index (χ1n) is 22.3. The molecule has 3 aromatic heterocycles. The number of nitrogens with zero attached hydrogens (tertiary/aromatic N) is 4. The number of para-hydroxylation sites is 1. The third kappa shape index (κ3) is 5.57. The Labute approximate surface area is 378 Å². The van der Waals surface area contributed by atoms with Gasteiger partial charge in [-0.1, -0.05) is 188 Å². The summed E-state index contributed by atoms with van der Waals surface area (Å²) in [6.07, 6.45) is 0. The van der Waals surface area contributed by atoms with E-state index in [2.05, 4.69) is 211 Å². The molecule has 0 unspecified atom stereocenters. The van der Waals surface area contributed by atoms with Crippen LogP contribution in [0, 0.1) is 0 Å². The molecule has 0 radical (unpaired) electrons. The van der Waals surface area contributed by atoms with Gasteiger partial charge in [0.2, 0.25) is 0 Å². The van der Waals surface area contributed by atoms with Crippen molar-refractivity contribution in [2.75, 3.05) is 0 Å². The maximum atomic E-state index is 7.16. The molecule has 0 bridgehead atoms. The van der Waals surface area contributed by atoms with E-state index < -0.39 is 0 Å². The van der Waals surface area contributed by atoms with Gasteiger partial charge in [-0.05, 0) is 79.2 Å². The molecule has 11 aromatic carbocycles. The molecule has 66 heavy (non-hydrogen) atoms. The van der Waals surface area contributed by atoms with Crippen molar-refractivity contribution in [3.05, 3.63) is 218 Å². The third-order valence-electron chi connectivity index (χ3n) is 13.4. The van der Waals surface area contributed by atoms with Crippen LogP contribution in [0.2, 0.25) is 0 Å². The summed E-state index contributed by atoms with van der Waals surface area (Å²) in [5, 5.41) is 13.4. The van der Waals surface area contributed by atoms with E-state index in [0.717, 1.165) is 88.0 Å². The Kier molecular flexibility index (Phi) is 7.91. The van der Waals surface area contributed by atoms with Crippen molar-refractivity contribution in [2.45, 2.75) is 0 Å². The molecule has 0 atom stereocenters. The molecule has 306 valence electrons. The van der Waals surface area contributed by atoms with Gasteiger partial charge in [0.25, 0.3) is 0 Å². The summed E-state index contributed by atoms with van der Waals surface area (Å²) in [5.41, 5.74) is 9.76. The Hall–Kier alpha value is -8.93. The van der Waals surface area contributed by atoms with Gasteiger partial charge in [0.15, 0.2) is 17.5 Å². The van der Waals surface area contributed by atoms with Gasteiger partial charge in [-0.2, -0.15) is 0 Å². The van der Waals surface area contributed by atoms with Crippen LogP contribution in [0.15, 0.2) is 223 Å². The molecular formula is C61H36N4O. The van der Waals surface area contributed by atoms with Crippen molar-refractivity contribution in [1.29, 1.82) is 0 Å². The highest BCUT2D eigenvalue weighted by atomic mass is 16.3. The van der Waals surface area contributed by atoms with Gasteiger partial charge in [-0.3, -0.25) is 0 Å². The Morgan fingerprint density at radius 1 is 0.333 bits per heavy atom. The fraction of sp³-hybridized carbons (Fsp3) is 0. The van der Waals surface area contributed by atoms with Crippen molar-refractivity contribution in [3.63, 3.8) is 0 Å². The number of fused-ring (bicyclic) bond motifs is 10. The standard InChI is InChI=1S/C61H36N4O/c1-2-15-37(16-3-1)38-29-31-40(32-30-38)59-62-60(48-27-14-22-39-17-8-9-23-45(39)48)64-61(63-59)56-46-24-10-11-25-47(46)57(55-49-26-12-13-28-54(49)66-58(55)56)65-52-35-43-20-6-4-18-41(43)33-50(52)51-34-42-19-5-7-21-44(42)36-53(51)65/h1-36H. The molecule has 0 aliphatic rings. The number of benzene rings is 11. The van der Waals surface area contributed by atoms with Gasteiger partial charge >= 0.3 is 0 Å². The van der Waals surface area contributed by atoms with Crippen LogP contribution in [0.4, 0.5) is 0 Å². The topological polar surface area (TPSA) is 56.7 Å². The average molecular weight is 841 g/mol. The molecule has 3 heterocycles. The molecule has 0 aliphatic carbocycles. The van der Waals surface area contributed by atoms with Gasteiger partial charge in [0.05, 0.1) is 27.7 Å². The molecule has 0 aliphatic heterocycles. The molecule has 0 spiro atoms. The number of hydrogen-bond donors (Lipinski definition) is 0. The summed E-state index contributed by atoms with van der Waals surface area (Å²) in [5.74, 6) is 1.72. The highest BCUT2D eigenvalue weighted by Crippen LogP contribution is 2.48. The van der Waals surface area contributed by atoms with E-state index in [9.17, 15) is 0 Å². The first kappa shape index (κ1) is 36.5. The predicted octanol–water partition coefficient (Wildman–Crippen LogP) is 16.1. The Morgan fingerprint density at radius 3 is 1.53 bits per heavy atom. The summed E-state index contributed by atoms with van der Waals surface area (Å²) >= 11 is 0. The quantitative estimate of drug-likeness (QED) is 0.173. The molecule has 0 saturated carbocycles. The molecule has 14 aromatic rings. The monoisotopic (exact) mass is 840 g/mol. The van der Waals surface area contributed by atoms with E-state index >= 15 is 0 Å². The minimum absolute atomic E-state index is 0.543. The second-order valence-electron chi connectivity index (χ2n) is 17.1. The summed E-state index contributed by atoms with van der Waals surface area (Å²) in [6, 6.07) is 77.5. The van der Waals surface area contributed by atoms with E-state index in [0.29, 0.717) is 17.5 Å². The zero-order valence-corrected chi connectivity index (χ0v) is 35.5. The molecule has 0 amide bonds. The fourth-order valence-corrected chi connectivity index (χ4v) is 10.3. The lowest BCUT2D eigenvalue weighted by Gasteiger charge is -2.17. The van der Waals surface area contributed by atoms with Gasteiger partial charge < -0.3 is 8.98 Å². The second kappa shape index (κ2) is 14.3. The van der Waals surface area contributed by atoms with Crippen LogP contribution in [0.5, 0.6) is 0 Å². The number of hydrogen-bond acceptors (Lipinski definition) is 4. The van der Waals surface area contributed by atoms with Crippen LogP contribution in [-0.2, 0) is 0 Å². The van der Waals surface area contributed by atoms with Crippen LogP contribution in [0.25, 0.3) is 138 Å². The maximum Gasteiger partial charge on any atom is 0.168 e. The van der Waals surface area contributed by atoms with Crippen molar-refractivity contribution < 1.29 is 4.42 Å². The minimum atomic E-state index is 0.543. The van der Waals surface area contributed by atoms with Crippen LogP contribution < -0.4 is 0 Å².